The van der Waals surface area contributed by atoms with Crippen molar-refractivity contribution in [2.24, 2.45) is 0 Å². The molecule has 3 heteroatoms. The van der Waals surface area contributed by atoms with Crippen molar-refractivity contribution in [2.45, 2.75) is 6.54 Å². The summed E-state index contributed by atoms with van der Waals surface area (Å²) in [6.45, 7) is 4.16. The molecule has 2 rings (SSSR count). The van der Waals surface area contributed by atoms with Crippen LogP contribution in [0.3, 0.4) is 0 Å². The number of anilines is 1. The van der Waals surface area contributed by atoms with Crippen LogP contribution in [0.4, 0.5) is 5.69 Å². The first kappa shape index (κ1) is 13.0. The quantitative estimate of drug-likeness (QED) is 0.647. The fourth-order valence-corrected chi connectivity index (χ4v) is 2.29. The minimum atomic E-state index is -0.166. The Labute approximate surface area is 120 Å². The van der Waals surface area contributed by atoms with Crippen molar-refractivity contribution in [3.8, 4) is 0 Å². The zero-order valence-corrected chi connectivity index (χ0v) is 12.0. The van der Waals surface area contributed by atoms with Crippen LogP contribution in [0.2, 0.25) is 0 Å². The van der Waals surface area contributed by atoms with E-state index < -0.39 is 0 Å². The maximum Gasteiger partial charge on any atom is 0.180 e. The van der Waals surface area contributed by atoms with Gasteiger partial charge in [-0.2, -0.15) is 0 Å². The predicted octanol–water partition coefficient (Wildman–Crippen LogP) is 4.30. The summed E-state index contributed by atoms with van der Waals surface area (Å²) in [5.74, 6) is -0.166. The molecule has 0 aliphatic rings. The third-order valence-electron chi connectivity index (χ3n) is 2.65. The van der Waals surface area contributed by atoms with E-state index in [0.29, 0.717) is 12.1 Å². The molecule has 0 atom stereocenters. The van der Waals surface area contributed by atoms with Gasteiger partial charge in [0.15, 0.2) is 5.76 Å². The molecule has 0 aliphatic carbocycles. The normalized spacial score (nSPS) is 10.1. The van der Waals surface area contributed by atoms with Crippen molar-refractivity contribution in [1.82, 2.24) is 0 Å². The maximum absolute atomic E-state index is 11.4. The number of hydrogen-bond acceptors (Lipinski definition) is 1. The molecule has 0 amide bonds. The van der Waals surface area contributed by atoms with Crippen LogP contribution in [-0.4, -0.2) is 0 Å². The lowest BCUT2D eigenvalue weighted by atomic mass is 10.1. The lowest BCUT2D eigenvalue weighted by Gasteiger charge is -2.11. The monoisotopic (exact) mass is 350 g/mol. The lowest BCUT2D eigenvalue weighted by Crippen LogP contribution is -2.03. The average molecular weight is 350 g/mol. The Morgan fingerprint density at radius 2 is 1.78 bits per heavy atom. The van der Waals surface area contributed by atoms with Crippen LogP contribution < -0.4 is 5.32 Å². The molecule has 0 bridgehead atoms. The van der Waals surface area contributed by atoms with Crippen LogP contribution in [0.15, 0.2) is 55.1 Å². The number of halogens is 1. The first-order valence-electron chi connectivity index (χ1n) is 5.61. The van der Waals surface area contributed by atoms with E-state index in [1.807, 2.05) is 30.3 Å². The van der Waals surface area contributed by atoms with E-state index >= 15 is 0 Å². The van der Waals surface area contributed by atoms with Crippen molar-refractivity contribution in [1.29, 1.82) is 0 Å². The van der Waals surface area contributed by atoms with E-state index in [4.69, 9.17) is 0 Å². The number of hydrogen-bond donors (Lipinski definition) is 1. The highest BCUT2D eigenvalue weighted by Crippen LogP contribution is 2.22. The first-order chi connectivity index (χ1) is 8.68. The molecule has 2 aromatic carbocycles. The molecule has 0 saturated carbocycles. The van der Waals surface area contributed by atoms with E-state index in [1.165, 1.54) is 9.13 Å². The van der Waals surface area contributed by atoms with Gasteiger partial charge in [0, 0.05) is 21.4 Å². The molecule has 0 spiro atoms. The standard InChI is InChI=1S/C15H13INO/c1-11(18)13-7-3-5-9-15(13)17-10-12-6-2-4-8-14(12)16/h2-9,17H,1,10H2. The molecule has 0 aliphatic heterocycles. The fourth-order valence-electron chi connectivity index (χ4n) is 1.71. The van der Waals surface area contributed by atoms with Crippen LogP contribution in [0.5, 0.6) is 0 Å². The van der Waals surface area contributed by atoms with Crippen LogP contribution in [-0.2, 0) is 11.7 Å². The Morgan fingerprint density at radius 3 is 2.50 bits per heavy atom. The smallest absolute Gasteiger partial charge is 0.180 e. The number of rotatable bonds is 4. The third-order valence-corrected chi connectivity index (χ3v) is 3.71. The van der Waals surface area contributed by atoms with E-state index in [0.717, 1.165) is 5.69 Å². The molecular weight excluding hydrogens is 337 g/mol. The summed E-state index contributed by atoms with van der Waals surface area (Å²) in [5, 5.41) is 14.7. The van der Waals surface area contributed by atoms with Crippen LogP contribution in [0.25, 0.3) is 5.76 Å². The summed E-state index contributed by atoms with van der Waals surface area (Å²) >= 11 is 2.31. The molecule has 0 fully saturated rings. The second kappa shape index (κ2) is 5.91. The summed E-state index contributed by atoms with van der Waals surface area (Å²) in [5.41, 5.74) is 2.67. The number of benzene rings is 2. The Morgan fingerprint density at radius 1 is 1.11 bits per heavy atom. The van der Waals surface area contributed by atoms with Gasteiger partial charge >= 0.3 is 0 Å². The zero-order valence-electron chi connectivity index (χ0n) is 9.82. The van der Waals surface area contributed by atoms with Crippen molar-refractivity contribution in [3.05, 3.63) is 69.8 Å². The van der Waals surface area contributed by atoms with E-state index in [2.05, 4.69) is 46.6 Å². The number of para-hydroxylation sites is 1. The van der Waals surface area contributed by atoms with Gasteiger partial charge in [0.1, 0.15) is 0 Å². The van der Waals surface area contributed by atoms with Gasteiger partial charge in [0.25, 0.3) is 0 Å². The fraction of sp³-hybridized carbons (Fsp3) is 0.0667. The molecular formula is C15H13INO. The Kier molecular flexibility index (Phi) is 4.25. The molecule has 0 unspecified atom stereocenters. The highest BCUT2D eigenvalue weighted by molar-refractivity contribution is 14.1. The summed E-state index contributed by atoms with van der Waals surface area (Å²) in [7, 11) is 0. The van der Waals surface area contributed by atoms with E-state index in [-0.39, 0.29) is 5.76 Å². The molecule has 2 nitrogen and oxygen atoms in total. The van der Waals surface area contributed by atoms with Gasteiger partial charge in [-0.1, -0.05) is 36.9 Å². The van der Waals surface area contributed by atoms with Gasteiger partial charge in [-0.25, -0.2) is 0 Å². The second-order valence-electron chi connectivity index (χ2n) is 3.91. The molecule has 2 aromatic rings. The van der Waals surface area contributed by atoms with Crippen molar-refractivity contribution >= 4 is 34.0 Å². The van der Waals surface area contributed by atoms with Crippen LogP contribution >= 0.6 is 22.6 Å². The molecule has 1 N–H and O–H groups in total. The van der Waals surface area contributed by atoms with Crippen molar-refractivity contribution in [2.75, 3.05) is 5.32 Å². The minimum Gasteiger partial charge on any atom is -0.380 e. The summed E-state index contributed by atoms with van der Waals surface area (Å²) < 4.78 is 1.21. The highest BCUT2D eigenvalue weighted by Gasteiger charge is 2.06. The van der Waals surface area contributed by atoms with Gasteiger partial charge in [-0.15, -0.1) is 0 Å². The highest BCUT2D eigenvalue weighted by atomic mass is 127. The van der Waals surface area contributed by atoms with Gasteiger partial charge in [0.2, 0.25) is 0 Å². The summed E-state index contributed by atoms with van der Waals surface area (Å²) in [6, 6.07) is 15.6. The van der Waals surface area contributed by atoms with Gasteiger partial charge in [-0.3, -0.25) is 5.11 Å². The van der Waals surface area contributed by atoms with Gasteiger partial charge in [-0.05, 0) is 46.4 Å². The van der Waals surface area contributed by atoms with Gasteiger partial charge in [0.05, 0.1) is 0 Å². The summed E-state index contributed by atoms with van der Waals surface area (Å²) in [6.07, 6.45) is 0. The average Bonchev–Trinajstić information content (AvgIpc) is 2.38. The summed E-state index contributed by atoms with van der Waals surface area (Å²) in [4.78, 5) is 0. The van der Waals surface area contributed by atoms with E-state index in [9.17, 15) is 5.11 Å². The van der Waals surface area contributed by atoms with Crippen LogP contribution in [0.1, 0.15) is 11.1 Å². The molecule has 91 valence electrons. The van der Waals surface area contributed by atoms with Crippen LogP contribution in [0, 0.1) is 3.57 Å². The Bertz CT molecular complexity index is 566. The number of nitrogens with one attached hydrogen (secondary N) is 1. The lowest BCUT2D eigenvalue weighted by molar-refractivity contribution is 0.391. The predicted molar refractivity (Wildman–Crippen MR) is 82.6 cm³/mol. The second-order valence-corrected chi connectivity index (χ2v) is 5.08. The third kappa shape index (κ3) is 3.04. The van der Waals surface area contributed by atoms with Crippen molar-refractivity contribution < 1.29 is 5.11 Å². The van der Waals surface area contributed by atoms with Crippen molar-refractivity contribution in [3.63, 3.8) is 0 Å². The molecule has 0 heterocycles. The minimum absolute atomic E-state index is 0.166. The molecule has 0 saturated heterocycles. The first-order valence-corrected chi connectivity index (χ1v) is 6.69. The molecule has 18 heavy (non-hydrogen) atoms. The Hall–Kier alpha value is -1.49. The molecule has 0 aromatic heterocycles. The topological polar surface area (TPSA) is 31.9 Å². The largest absolute Gasteiger partial charge is 0.380 e. The zero-order chi connectivity index (χ0) is 13.0. The van der Waals surface area contributed by atoms with E-state index in [1.54, 1.807) is 6.07 Å². The van der Waals surface area contributed by atoms with Gasteiger partial charge < -0.3 is 5.32 Å². The maximum atomic E-state index is 11.4. The molecule has 1 radical (unpaired) electrons. The SMILES string of the molecule is C=C([O])c1ccccc1NCc1ccccc1I. The Balaban J connectivity index is 2.16.